The number of furan rings is 1. The second-order valence-corrected chi connectivity index (χ2v) is 10.8. The van der Waals surface area contributed by atoms with Crippen molar-refractivity contribution in [2.75, 3.05) is 13.1 Å². The highest BCUT2D eigenvalue weighted by Gasteiger charge is 2.24. The number of amides is 1. The van der Waals surface area contributed by atoms with Crippen LogP contribution in [0.4, 0.5) is 0 Å². The molecular formula is C24H24ClN5O2S2. The summed E-state index contributed by atoms with van der Waals surface area (Å²) in [7, 11) is 0. The molecule has 0 N–H and O–H groups in total. The van der Waals surface area contributed by atoms with Crippen LogP contribution < -0.4 is 0 Å². The van der Waals surface area contributed by atoms with Gasteiger partial charge < -0.3 is 9.32 Å². The Balaban J connectivity index is 1.38. The molecule has 1 aliphatic heterocycles. The number of hydrogen-bond acceptors (Lipinski definition) is 7. The van der Waals surface area contributed by atoms with Gasteiger partial charge in [-0.1, -0.05) is 36.4 Å². The molecule has 0 spiro atoms. The molecule has 3 aromatic heterocycles. The zero-order valence-electron chi connectivity index (χ0n) is 18.9. The average Bonchev–Trinajstić information content (AvgIpc) is 3.60. The molecule has 5 rings (SSSR count). The van der Waals surface area contributed by atoms with Crippen molar-refractivity contribution < 1.29 is 9.21 Å². The molecule has 0 saturated carbocycles. The lowest BCUT2D eigenvalue weighted by Gasteiger charge is -2.29. The molecule has 0 bridgehead atoms. The highest BCUT2D eigenvalue weighted by atomic mass is 35.5. The van der Waals surface area contributed by atoms with E-state index in [1.54, 1.807) is 6.26 Å². The summed E-state index contributed by atoms with van der Waals surface area (Å²) in [6, 6.07) is 9.41. The van der Waals surface area contributed by atoms with Crippen molar-refractivity contribution in [2.24, 2.45) is 5.92 Å². The smallest absolute Gasteiger partial charge is 0.273 e. The molecule has 1 aromatic carbocycles. The van der Waals surface area contributed by atoms with Gasteiger partial charge in [-0.3, -0.25) is 9.36 Å². The summed E-state index contributed by atoms with van der Waals surface area (Å²) in [4.78, 5) is 19.4. The number of aryl methyl sites for hydroxylation is 1. The predicted molar refractivity (Wildman–Crippen MR) is 135 cm³/mol. The van der Waals surface area contributed by atoms with Crippen molar-refractivity contribution in [1.82, 2.24) is 24.6 Å². The second-order valence-electron chi connectivity index (χ2n) is 8.44. The zero-order chi connectivity index (χ0) is 23.7. The van der Waals surface area contributed by atoms with E-state index in [1.165, 1.54) is 23.1 Å². The predicted octanol–water partition coefficient (Wildman–Crippen LogP) is 6.11. The van der Waals surface area contributed by atoms with Crippen molar-refractivity contribution >= 4 is 40.6 Å². The van der Waals surface area contributed by atoms with Gasteiger partial charge in [0.05, 0.1) is 17.7 Å². The minimum absolute atomic E-state index is 0.0252. The normalized spacial score (nSPS) is 14.6. The standard InChI is InChI=1S/C24H24ClN5O2S2/c1-15-7-9-29(10-8-15)23(31)18-13-33-21(26-18)14-34-24-28-27-22(20-4-3-11-32-20)30(24)19-12-17(25)6-5-16(19)2/h3-6,11-13,15H,7-10,14H2,1-2H3. The first-order valence-corrected chi connectivity index (χ1v) is 13.4. The Morgan fingerprint density at radius 3 is 2.85 bits per heavy atom. The fraction of sp³-hybridized carbons (Fsp3) is 0.333. The molecule has 0 aliphatic carbocycles. The van der Waals surface area contributed by atoms with Gasteiger partial charge in [0.15, 0.2) is 10.9 Å². The van der Waals surface area contributed by atoms with E-state index < -0.39 is 0 Å². The number of carbonyl (C=O) groups is 1. The maximum atomic E-state index is 12.9. The van der Waals surface area contributed by atoms with E-state index in [0.717, 1.165) is 42.2 Å². The number of hydrogen-bond donors (Lipinski definition) is 0. The maximum absolute atomic E-state index is 12.9. The van der Waals surface area contributed by atoms with Crippen LogP contribution in [0.5, 0.6) is 0 Å². The third-order valence-electron chi connectivity index (χ3n) is 5.95. The fourth-order valence-corrected chi connectivity index (χ4v) is 5.84. The minimum atomic E-state index is 0.0252. The Morgan fingerprint density at radius 1 is 1.26 bits per heavy atom. The van der Waals surface area contributed by atoms with E-state index in [-0.39, 0.29) is 5.91 Å². The van der Waals surface area contributed by atoms with Gasteiger partial charge in [-0.2, -0.15) is 0 Å². The molecule has 0 unspecified atom stereocenters. The highest BCUT2D eigenvalue weighted by Crippen LogP contribution is 2.33. The molecule has 1 fully saturated rings. The second kappa shape index (κ2) is 9.93. The Morgan fingerprint density at radius 2 is 2.09 bits per heavy atom. The molecule has 0 radical (unpaired) electrons. The number of thiazole rings is 1. The summed E-state index contributed by atoms with van der Waals surface area (Å²) in [5, 5.41) is 12.9. The van der Waals surface area contributed by atoms with Gasteiger partial charge in [-0.25, -0.2) is 4.98 Å². The van der Waals surface area contributed by atoms with Crippen LogP contribution in [0.2, 0.25) is 5.02 Å². The van der Waals surface area contributed by atoms with Gasteiger partial charge in [-0.05, 0) is 55.5 Å². The number of rotatable bonds is 6. The van der Waals surface area contributed by atoms with E-state index in [1.807, 2.05) is 52.1 Å². The first-order valence-electron chi connectivity index (χ1n) is 11.1. The Kier molecular flexibility index (Phi) is 6.76. The lowest BCUT2D eigenvalue weighted by Crippen LogP contribution is -2.38. The van der Waals surface area contributed by atoms with Crippen molar-refractivity contribution in [1.29, 1.82) is 0 Å². The van der Waals surface area contributed by atoms with Crippen LogP contribution in [0.3, 0.4) is 0 Å². The molecule has 4 heterocycles. The Bertz CT molecular complexity index is 1290. The lowest BCUT2D eigenvalue weighted by atomic mass is 9.99. The van der Waals surface area contributed by atoms with Crippen LogP contribution in [0.15, 0.2) is 51.5 Å². The first kappa shape index (κ1) is 23.1. The summed E-state index contributed by atoms with van der Waals surface area (Å²) >= 11 is 9.33. The van der Waals surface area contributed by atoms with E-state index >= 15 is 0 Å². The van der Waals surface area contributed by atoms with Gasteiger partial charge in [0.2, 0.25) is 5.82 Å². The number of benzene rings is 1. The van der Waals surface area contributed by atoms with Gasteiger partial charge in [0.25, 0.3) is 5.91 Å². The topological polar surface area (TPSA) is 77.1 Å². The molecule has 1 aliphatic rings. The summed E-state index contributed by atoms with van der Waals surface area (Å²) in [5.74, 6) is 2.50. The number of thioether (sulfide) groups is 1. The van der Waals surface area contributed by atoms with E-state index in [4.69, 9.17) is 16.0 Å². The fourth-order valence-electron chi connectivity index (χ4n) is 3.94. The molecule has 0 atom stereocenters. The summed E-state index contributed by atoms with van der Waals surface area (Å²) in [6.45, 7) is 5.87. The highest BCUT2D eigenvalue weighted by molar-refractivity contribution is 7.98. The lowest BCUT2D eigenvalue weighted by molar-refractivity contribution is 0.0692. The number of aromatic nitrogens is 4. The largest absolute Gasteiger partial charge is 0.461 e. The van der Waals surface area contributed by atoms with Crippen LogP contribution in [-0.4, -0.2) is 43.6 Å². The van der Waals surface area contributed by atoms with Crippen LogP contribution in [0.1, 0.15) is 40.8 Å². The molecule has 4 aromatic rings. The average molecular weight is 514 g/mol. The molecule has 34 heavy (non-hydrogen) atoms. The Labute approximate surface area is 211 Å². The van der Waals surface area contributed by atoms with Crippen LogP contribution in [0, 0.1) is 12.8 Å². The summed E-state index contributed by atoms with van der Waals surface area (Å²) in [5.41, 5.74) is 2.45. The van der Waals surface area contributed by atoms with Gasteiger partial charge in [-0.15, -0.1) is 21.5 Å². The van der Waals surface area contributed by atoms with E-state index in [2.05, 4.69) is 22.1 Å². The van der Waals surface area contributed by atoms with Crippen LogP contribution in [0.25, 0.3) is 17.3 Å². The monoisotopic (exact) mass is 513 g/mol. The van der Waals surface area contributed by atoms with E-state index in [0.29, 0.717) is 39.1 Å². The summed E-state index contributed by atoms with van der Waals surface area (Å²) in [6.07, 6.45) is 3.72. The van der Waals surface area contributed by atoms with Crippen LogP contribution in [-0.2, 0) is 5.75 Å². The maximum Gasteiger partial charge on any atom is 0.273 e. The van der Waals surface area contributed by atoms with Gasteiger partial charge in [0, 0.05) is 23.5 Å². The Hall–Kier alpha value is -2.62. The number of nitrogens with zero attached hydrogens (tertiary/aromatic N) is 5. The first-order chi connectivity index (χ1) is 16.5. The SMILES string of the molecule is Cc1ccc(Cl)cc1-n1c(SCc2nc(C(=O)N3CCC(C)CC3)cs2)nnc1-c1ccco1. The molecule has 176 valence electrons. The molecule has 7 nitrogen and oxygen atoms in total. The number of halogens is 1. The van der Waals surface area contributed by atoms with E-state index in [9.17, 15) is 4.79 Å². The van der Waals surface area contributed by atoms with Crippen molar-refractivity contribution in [2.45, 2.75) is 37.6 Å². The molecular weight excluding hydrogens is 490 g/mol. The summed E-state index contributed by atoms with van der Waals surface area (Å²) < 4.78 is 7.56. The van der Waals surface area contributed by atoms with Gasteiger partial charge in [0.1, 0.15) is 10.7 Å². The van der Waals surface area contributed by atoms with Crippen molar-refractivity contribution in [3.05, 3.63) is 63.3 Å². The van der Waals surface area contributed by atoms with Gasteiger partial charge >= 0.3 is 0 Å². The molecule has 1 saturated heterocycles. The number of likely N-dealkylation sites (tertiary alicyclic amines) is 1. The zero-order valence-corrected chi connectivity index (χ0v) is 21.3. The number of piperidine rings is 1. The molecule has 1 amide bonds. The quantitative estimate of drug-likeness (QED) is 0.289. The van der Waals surface area contributed by atoms with Crippen molar-refractivity contribution in [3.63, 3.8) is 0 Å². The third kappa shape index (κ3) is 4.78. The third-order valence-corrected chi connectivity index (χ3v) is 8.16. The number of carbonyl (C=O) groups excluding carboxylic acids is 1. The van der Waals surface area contributed by atoms with Crippen LogP contribution >= 0.6 is 34.7 Å². The molecule has 10 heteroatoms. The van der Waals surface area contributed by atoms with Crippen molar-refractivity contribution in [3.8, 4) is 17.3 Å². The minimum Gasteiger partial charge on any atom is -0.461 e.